The van der Waals surface area contributed by atoms with Crippen LogP contribution in [-0.4, -0.2) is 8.90 Å². The van der Waals surface area contributed by atoms with Crippen LogP contribution >= 0.6 is 14.4 Å². The first-order valence-electron chi connectivity index (χ1n) is 18.1. The maximum absolute atomic E-state index is 16.4. The summed E-state index contributed by atoms with van der Waals surface area (Å²) in [6, 6.07) is 68.6. The van der Waals surface area contributed by atoms with Crippen molar-refractivity contribution < 1.29 is 9.13 Å². The summed E-state index contributed by atoms with van der Waals surface area (Å²) in [4.78, 5) is 0. The van der Waals surface area contributed by atoms with Crippen LogP contribution in [0.15, 0.2) is 206 Å². The van der Waals surface area contributed by atoms with Crippen LogP contribution in [0.3, 0.4) is 0 Å². The van der Waals surface area contributed by atoms with E-state index in [0.29, 0.717) is 0 Å². The molecule has 4 nitrogen and oxygen atoms in total. The molecule has 0 aliphatic carbocycles. The van der Waals surface area contributed by atoms with Crippen LogP contribution in [0.1, 0.15) is 0 Å². The number of hydrogen-bond donors (Lipinski definition) is 0. The average Bonchev–Trinajstić information content (AvgIpc) is 3.78. The van der Waals surface area contributed by atoms with E-state index in [9.17, 15) is 0 Å². The second kappa shape index (κ2) is 12.7. The summed E-state index contributed by atoms with van der Waals surface area (Å²) in [5, 5.41) is 8.01. The molecule has 0 unspecified atom stereocenters. The van der Waals surface area contributed by atoms with Gasteiger partial charge in [-0.3, -0.25) is 8.90 Å². The summed E-state index contributed by atoms with van der Waals surface area (Å²) in [5.74, 6) is 0. The van der Waals surface area contributed by atoms with Crippen LogP contribution in [-0.2, 0) is 9.13 Å². The lowest BCUT2D eigenvalue weighted by Crippen LogP contribution is -2.25. The Labute approximate surface area is 313 Å². The van der Waals surface area contributed by atoms with Crippen molar-refractivity contribution in [1.29, 1.82) is 0 Å². The van der Waals surface area contributed by atoms with Crippen LogP contribution in [0.5, 0.6) is 0 Å². The summed E-state index contributed by atoms with van der Waals surface area (Å²) in [6.07, 6.45) is 0. The molecule has 0 aliphatic rings. The molecule has 0 amide bonds. The molecule has 54 heavy (non-hydrogen) atoms. The van der Waals surface area contributed by atoms with E-state index in [1.54, 1.807) is 0 Å². The zero-order valence-corrected chi connectivity index (χ0v) is 31.0. The molecule has 2 aromatic heterocycles. The van der Waals surface area contributed by atoms with Crippen molar-refractivity contribution in [2.75, 3.05) is 0 Å². The number of hydrogen-bond acceptors (Lipinski definition) is 2. The zero-order valence-electron chi connectivity index (χ0n) is 29.2. The lowest BCUT2D eigenvalue weighted by Gasteiger charge is -2.24. The van der Waals surface area contributed by atoms with Gasteiger partial charge in [0.25, 0.3) is 0 Å². The standard InChI is InChI=1S/C48H34N2O2P2/c51-53(36-19-5-1-6-20-36,37-21-7-2-8-22-37)40-27-17-18-35(34-40)49-45-30-15-13-28-41(45)43-32-33-44-42-29-14-16-31-46(42)50(48(44)47(43)49)54(52,38-23-9-3-10-24-38)39-25-11-4-12-26-39/h1-34H. The molecule has 258 valence electrons. The molecule has 0 spiro atoms. The Morgan fingerprint density at radius 2 is 0.759 bits per heavy atom. The third-order valence-electron chi connectivity index (χ3n) is 10.6. The van der Waals surface area contributed by atoms with Crippen molar-refractivity contribution in [2.24, 2.45) is 0 Å². The lowest BCUT2D eigenvalue weighted by molar-refractivity contribution is 0.583. The summed E-state index contributed by atoms with van der Waals surface area (Å²) in [6.45, 7) is 0. The molecule has 2 heterocycles. The molecule has 0 atom stereocenters. The van der Waals surface area contributed by atoms with Gasteiger partial charge in [-0.1, -0.05) is 158 Å². The Balaban J connectivity index is 1.36. The van der Waals surface area contributed by atoms with Gasteiger partial charge in [-0.05, 0) is 48.5 Å². The van der Waals surface area contributed by atoms with E-state index in [1.165, 1.54) is 0 Å². The maximum Gasteiger partial charge on any atom is 0.234 e. The van der Waals surface area contributed by atoms with Crippen LogP contribution in [0.2, 0.25) is 0 Å². The Morgan fingerprint density at radius 3 is 1.31 bits per heavy atom. The van der Waals surface area contributed by atoms with Gasteiger partial charge in [0.2, 0.25) is 7.29 Å². The minimum absolute atomic E-state index is 0.746. The minimum Gasteiger partial charge on any atom is -0.309 e. The van der Waals surface area contributed by atoms with Crippen molar-refractivity contribution in [1.82, 2.24) is 8.90 Å². The smallest absolute Gasteiger partial charge is 0.234 e. The van der Waals surface area contributed by atoms with Gasteiger partial charge in [-0.2, -0.15) is 0 Å². The predicted molar refractivity (Wildman–Crippen MR) is 228 cm³/mol. The molecule has 0 saturated carbocycles. The molecular weight excluding hydrogens is 698 g/mol. The summed E-state index contributed by atoms with van der Waals surface area (Å²) in [5.41, 5.74) is 4.63. The van der Waals surface area contributed by atoms with Gasteiger partial charge in [-0.15, -0.1) is 0 Å². The van der Waals surface area contributed by atoms with E-state index in [-0.39, 0.29) is 0 Å². The Morgan fingerprint density at radius 1 is 0.333 bits per heavy atom. The summed E-state index contributed by atoms with van der Waals surface area (Å²) >= 11 is 0. The maximum atomic E-state index is 16.4. The molecule has 0 saturated heterocycles. The molecule has 0 fully saturated rings. The van der Waals surface area contributed by atoms with Crippen molar-refractivity contribution in [3.05, 3.63) is 206 Å². The van der Waals surface area contributed by atoms with E-state index in [4.69, 9.17) is 0 Å². The highest BCUT2D eigenvalue weighted by Gasteiger charge is 2.35. The number of fused-ring (bicyclic) bond motifs is 7. The van der Waals surface area contributed by atoms with Crippen molar-refractivity contribution >= 4 is 84.6 Å². The number of rotatable bonds is 7. The first-order valence-corrected chi connectivity index (χ1v) is 21.4. The van der Waals surface area contributed by atoms with E-state index in [2.05, 4.69) is 75.6 Å². The number of benzene rings is 8. The normalized spacial score (nSPS) is 12.2. The molecule has 0 aliphatic heterocycles. The van der Waals surface area contributed by atoms with Crippen LogP contribution < -0.4 is 26.5 Å². The Hall–Kier alpha value is -6.18. The molecule has 6 heteroatoms. The highest BCUT2D eigenvalue weighted by molar-refractivity contribution is 7.85. The van der Waals surface area contributed by atoms with Gasteiger partial charge in [0.1, 0.15) is 0 Å². The lowest BCUT2D eigenvalue weighted by atomic mass is 10.1. The predicted octanol–water partition coefficient (Wildman–Crippen LogP) is 10.3. The molecule has 0 bridgehead atoms. The van der Waals surface area contributed by atoms with Gasteiger partial charge >= 0.3 is 0 Å². The van der Waals surface area contributed by atoms with Crippen molar-refractivity contribution in [2.45, 2.75) is 0 Å². The van der Waals surface area contributed by atoms with Gasteiger partial charge in [0.05, 0.1) is 22.1 Å². The molecule has 0 N–H and O–H groups in total. The van der Waals surface area contributed by atoms with E-state index < -0.39 is 14.4 Å². The second-order valence-electron chi connectivity index (χ2n) is 13.6. The molecule has 10 rings (SSSR count). The van der Waals surface area contributed by atoms with Gasteiger partial charge in [0.15, 0.2) is 7.14 Å². The largest absolute Gasteiger partial charge is 0.309 e. The van der Waals surface area contributed by atoms with Gasteiger partial charge in [0, 0.05) is 53.8 Å². The zero-order chi connectivity index (χ0) is 36.3. The quantitative estimate of drug-likeness (QED) is 0.153. The van der Waals surface area contributed by atoms with Gasteiger partial charge in [-0.25, -0.2) is 0 Å². The number of nitrogens with zero attached hydrogens (tertiary/aromatic N) is 2. The average molecular weight is 733 g/mol. The third kappa shape index (κ3) is 4.78. The number of aromatic nitrogens is 2. The fraction of sp³-hybridized carbons (Fsp3) is 0. The molecular formula is C48H34N2O2P2. The summed E-state index contributed by atoms with van der Waals surface area (Å²) in [7, 11) is -6.81. The van der Waals surface area contributed by atoms with E-state index >= 15 is 9.13 Å². The Bertz CT molecular complexity index is 3010. The fourth-order valence-corrected chi connectivity index (χ4v) is 13.8. The van der Waals surface area contributed by atoms with Crippen LogP contribution in [0, 0.1) is 0 Å². The van der Waals surface area contributed by atoms with Crippen LogP contribution in [0.25, 0.3) is 49.3 Å². The topological polar surface area (TPSA) is 44.0 Å². The second-order valence-corrected chi connectivity index (χ2v) is 18.9. The highest BCUT2D eigenvalue weighted by atomic mass is 31.2. The first kappa shape index (κ1) is 32.5. The monoisotopic (exact) mass is 732 g/mol. The fourth-order valence-electron chi connectivity index (χ4n) is 8.23. The molecule has 8 aromatic carbocycles. The first-order chi connectivity index (χ1) is 26.6. The van der Waals surface area contributed by atoms with Gasteiger partial charge < -0.3 is 9.13 Å². The number of para-hydroxylation sites is 2. The minimum atomic E-state index is -3.54. The van der Waals surface area contributed by atoms with Crippen LogP contribution in [0.4, 0.5) is 0 Å². The summed E-state index contributed by atoms with van der Waals surface area (Å²) < 4.78 is 36.5. The van der Waals surface area contributed by atoms with E-state index in [1.807, 2.05) is 140 Å². The Kier molecular flexibility index (Phi) is 7.66. The molecule has 0 radical (unpaired) electrons. The van der Waals surface area contributed by atoms with Crippen molar-refractivity contribution in [3.63, 3.8) is 0 Å². The highest BCUT2D eigenvalue weighted by Crippen LogP contribution is 2.53. The SMILES string of the molecule is O=P(c1ccccc1)(c1ccccc1)c1cccc(-n2c3ccccc3c3ccc4c5ccccc5n(P(=O)(c5ccccc5)c5ccccc5)c4c32)c1. The third-order valence-corrected chi connectivity index (χ3v) is 16.7. The van der Waals surface area contributed by atoms with E-state index in [0.717, 1.165) is 75.8 Å². The van der Waals surface area contributed by atoms with Crippen molar-refractivity contribution in [3.8, 4) is 5.69 Å². The molecule has 10 aromatic rings.